The number of nitrogens with one attached hydrogen (secondary N) is 1. The second-order valence-electron chi connectivity index (χ2n) is 6.17. The Hall–Kier alpha value is -0.0800. The summed E-state index contributed by atoms with van der Waals surface area (Å²) in [6, 6.07) is 1.48. The highest BCUT2D eigenvalue weighted by Crippen LogP contribution is 2.32. The number of hydrogen-bond acceptors (Lipinski definition) is 2. The van der Waals surface area contributed by atoms with Crippen LogP contribution in [0.25, 0.3) is 0 Å². The van der Waals surface area contributed by atoms with E-state index in [0.29, 0.717) is 0 Å². The molecule has 108 valence electrons. The third kappa shape index (κ3) is 4.24. The normalized spacial score (nSPS) is 29.2. The van der Waals surface area contributed by atoms with Crippen LogP contribution >= 0.6 is 0 Å². The average molecular weight is 254 g/mol. The lowest BCUT2D eigenvalue weighted by Crippen LogP contribution is -2.53. The van der Waals surface area contributed by atoms with Crippen molar-refractivity contribution in [1.82, 2.24) is 10.2 Å². The van der Waals surface area contributed by atoms with Crippen molar-refractivity contribution in [2.24, 2.45) is 11.8 Å². The minimum absolute atomic E-state index is 0.722. The highest BCUT2D eigenvalue weighted by molar-refractivity contribution is 4.91. The number of likely N-dealkylation sites (N-methyl/N-ethyl adjacent to an activating group) is 1. The minimum Gasteiger partial charge on any atom is -0.312 e. The van der Waals surface area contributed by atoms with E-state index < -0.39 is 0 Å². The molecule has 0 spiro atoms. The fraction of sp³-hybridized carbons (Fsp3) is 1.00. The molecule has 0 heterocycles. The van der Waals surface area contributed by atoms with Crippen LogP contribution in [0.15, 0.2) is 0 Å². The van der Waals surface area contributed by atoms with Gasteiger partial charge in [0.05, 0.1) is 0 Å². The summed E-state index contributed by atoms with van der Waals surface area (Å²) in [5.74, 6) is 1.77. The van der Waals surface area contributed by atoms with Crippen molar-refractivity contribution in [3.8, 4) is 0 Å². The Bertz CT molecular complexity index is 211. The van der Waals surface area contributed by atoms with Gasteiger partial charge in [-0.25, -0.2) is 0 Å². The maximum Gasteiger partial charge on any atom is 0.0251 e. The van der Waals surface area contributed by atoms with Crippen LogP contribution in [0.4, 0.5) is 0 Å². The first-order chi connectivity index (χ1) is 8.63. The molecule has 0 saturated heterocycles. The van der Waals surface area contributed by atoms with Crippen LogP contribution in [0.1, 0.15) is 60.3 Å². The van der Waals surface area contributed by atoms with Gasteiger partial charge in [0, 0.05) is 12.1 Å². The van der Waals surface area contributed by atoms with Gasteiger partial charge in [-0.3, -0.25) is 4.90 Å². The Morgan fingerprint density at radius 2 is 1.78 bits per heavy atom. The molecule has 1 fully saturated rings. The van der Waals surface area contributed by atoms with Crippen molar-refractivity contribution < 1.29 is 0 Å². The number of rotatable bonds is 7. The zero-order chi connectivity index (χ0) is 13.5. The van der Waals surface area contributed by atoms with Crippen LogP contribution in [0.5, 0.6) is 0 Å². The summed E-state index contributed by atoms with van der Waals surface area (Å²) in [5, 5.41) is 3.79. The zero-order valence-corrected chi connectivity index (χ0v) is 13.2. The summed E-state index contributed by atoms with van der Waals surface area (Å²) < 4.78 is 0. The summed E-state index contributed by atoms with van der Waals surface area (Å²) in [5.41, 5.74) is 0. The molecule has 1 N–H and O–H groups in total. The molecule has 1 aliphatic rings. The summed E-state index contributed by atoms with van der Waals surface area (Å²) in [6.07, 6.45) is 5.41. The van der Waals surface area contributed by atoms with E-state index in [1.807, 2.05) is 0 Å². The highest BCUT2D eigenvalue weighted by atomic mass is 15.2. The van der Waals surface area contributed by atoms with E-state index in [2.05, 4.69) is 44.8 Å². The smallest absolute Gasteiger partial charge is 0.0251 e. The lowest BCUT2D eigenvalue weighted by atomic mass is 9.76. The van der Waals surface area contributed by atoms with Gasteiger partial charge in [-0.15, -0.1) is 0 Å². The maximum atomic E-state index is 3.79. The first-order valence-electron chi connectivity index (χ1n) is 8.11. The van der Waals surface area contributed by atoms with E-state index in [1.165, 1.54) is 45.3 Å². The van der Waals surface area contributed by atoms with Crippen molar-refractivity contribution in [3.05, 3.63) is 0 Å². The predicted octanol–water partition coefficient (Wildman–Crippen LogP) is 3.52. The Kier molecular flexibility index (Phi) is 7.25. The van der Waals surface area contributed by atoms with Gasteiger partial charge in [-0.2, -0.15) is 0 Å². The molecule has 0 aromatic rings. The fourth-order valence-corrected chi connectivity index (χ4v) is 3.45. The molecule has 0 aromatic carbocycles. The summed E-state index contributed by atoms with van der Waals surface area (Å²) in [4.78, 5) is 2.67. The fourth-order valence-electron chi connectivity index (χ4n) is 3.45. The number of nitrogens with zero attached hydrogens (tertiary/aromatic N) is 1. The maximum absolute atomic E-state index is 3.79. The van der Waals surface area contributed by atoms with Crippen molar-refractivity contribution in [2.45, 2.75) is 72.4 Å². The monoisotopic (exact) mass is 254 g/mol. The van der Waals surface area contributed by atoms with E-state index in [-0.39, 0.29) is 0 Å². The summed E-state index contributed by atoms with van der Waals surface area (Å²) >= 11 is 0. The molecule has 0 bridgehead atoms. The molecule has 18 heavy (non-hydrogen) atoms. The average Bonchev–Trinajstić information content (AvgIpc) is 2.38. The molecule has 2 heteroatoms. The van der Waals surface area contributed by atoms with Gasteiger partial charge in [0.25, 0.3) is 0 Å². The van der Waals surface area contributed by atoms with Crippen molar-refractivity contribution in [3.63, 3.8) is 0 Å². The van der Waals surface area contributed by atoms with Gasteiger partial charge in [0.1, 0.15) is 0 Å². The first kappa shape index (κ1) is 16.0. The SMILES string of the molecule is CCCNC1CCC(C(C)C)CC1N(CC)CC. The van der Waals surface area contributed by atoms with E-state index in [9.17, 15) is 0 Å². The first-order valence-corrected chi connectivity index (χ1v) is 8.11. The third-order valence-corrected chi connectivity index (χ3v) is 4.74. The molecule has 3 unspecified atom stereocenters. The molecule has 1 saturated carbocycles. The lowest BCUT2D eigenvalue weighted by molar-refractivity contribution is 0.0908. The molecule has 0 aromatic heterocycles. The van der Waals surface area contributed by atoms with Gasteiger partial charge in [0.2, 0.25) is 0 Å². The predicted molar refractivity (Wildman–Crippen MR) is 81.0 cm³/mol. The third-order valence-electron chi connectivity index (χ3n) is 4.74. The molecule has 0 aliphatic heterocycles. The Morgan fingerprint density at radius 3 is 2.28 bits per heavy atom. The molecule has 3 atom stereocenters. The zero-order valence-electron chi connectivity index (χ0n) is 13.2. The van der Waals surface area contributed by atoms with E-state index in [4.69, 9.17) is 0 Å². The Balaban J connectivity index is 2.65. The molecular weight excluding hydrogens is 220 g/mol. The van der Waals surface area contributed by atoms with Crippen molar-refractivity contribution in [2.75, 3.05) is 19.6 Å². The van der Waals surface area contributed by atoms with Gasteiger partial charge >= 0.3 is 0 Å². The van der Waals surface area contributed by atoms with Crippen LogP contribution in [0.3, 0.4) is 0 Å². The van der Waals surface area contributed by atoms with Gasteiger partial charge in [-0.1, -0.05) is 34.6 Å². The van der Waals surface area contributed by atoms with Crippen molar-refractivity contribution in [1.29, 1.82) is 0 Å². The lowest BCUT2D eigenvalue weighted by Gasteiger charge is -2.43. The van der Waals surface area contributed by atoms with E-state index >= 15 is 0 Å². The van der Waals surface area contributed by atoms with E-state index in [0.717, 1.165) is 23.9 Å². The summed E-state index contributed by atoms with van der Waals surface area (Å²) in [7, 11) is 0. The highest BCUT2D eigenvalue weighted by Gasteiger charge is 2.33. The molecular formula is C16H34N2. The molecule has 1 rings (SSSR count). The van der Waals surface area contributed by atoms with Crippen LogP contribution < -0.4 is 5.32 Å². The molecule has 1 aliphatic carbocycles. The quantitative estimate of drug-likeness (QED) is 0.748. The molecule has 0 amide bonds. The summed E-state index contributed by atoms with van der Waals surface area (Å²) in [6.45, 7) is 15.2. The van der Waals surface area contributed by atoms with Crippen molar-refractivity contribution >= 4 is 0 Å². The van der Waals surface area contributed by atoms with E-state index in [1.54, 1.807) is 0 Å². The van der Waals surface area contributed by atoms with Gasteiger partial charge in [-0.05, 0) is 57.2 Å². The van der Waals surface area contributed by atoms with Crippen LogP contribution in [-0.2, 0) is 0 Å². The van der Waals surface area contributed by atoms with Gasteiger partial charge < -0.3 is 5.32 Å². The minimum atomic E-state index is 0.722. The molecule has 2 nitrogen and oxygen atoms in total. The van der Waals surface area contributed by atoms with Crippen LogP contribution in [0, 0.1) is 11.8 Å². The van der Waals surface area contributed by atoms with Crippen LogP contribution in [0.2, 0.25) is 0 Å². The molecule has 0 radical (unpaired) electrons. The largest absolute Gasteiger partial charge is 0.312 e. The Morgan fingerprint density at radius 1 is 1.11 bits per heavy atom. The standard InChI is InChI=1S/C16H34N2/c1-6-11-17-15-10-9-14(13(4)5)12-16(15)18(7-2)8-3/h13-17H,6-12H2,1-5H3. The second-order valence-corrected chi connectivity index (χ2v) is 6.17. The van der Waals surface area contributed by atoms with Gasteiger partial charge in [0.15, 0.2) is 0 Å². The topological polar surface area (TPSA) is 15.3 Å². The second kappa shape index (κ2) is 8.16. The van der Waals surface area contributed by atoms with Crippen LogP contribution in [-0.4, -0.2) is 36.6 Å². The Labute approximate surface area is 115 Å². The number of hydrogen-bond donors (Lipinski definition) is 1.